The van der Waals surface area contributed by atoms with Crippen molar-refractivity contribution in [1.82, 2.24) is 0 Å². The second-order valence-corrected chi connectivity index (χ2v) is 4.25. The lowest BCUT2D eigenvalue weighted by Crippen LogP contribution is -2.55. The number of nitrogens with zero attached hydrogens (tertiary/aromatic N) is 1. The van der Waals surface area contributed by atoms with Crippen molar-refractivity contribution in [2.24, 2.45) is 0 Å². The van der Waals surface area contributed by atoms with Crippen LogP contribution < -0.4 is 5.32 Å². The van der Waals surface area contributed by atoms with Gasteiger partial charge in [-0.25, -0.2) is 0 Å². The molecule has 1 aromatic rings. The van der Waals surface area contributed by atoms with Gasteiger partial charge in [-0.15, -0.1) is 0 Å². The largest absolute Gasteiger partial charge is 0.388 e. The maximum Gasteiger partial charge on any atom is 0.271 e. The van der Waals surface area contributed by atoms with Crippen LogP contribution in [0, 0.1) is 10.1 Å². The van der Waals surface area contributed by atoms with Gasteiger partial charge in [-0.05, 0) is 6.07 Å². The molecule has 1 aliphatic heterocycles. The fourth-order valence-corrected chi connectivity index (χ4v) is 1.81. The van der Waals surface area contributed by atoms with Crippen molar-refractivity contribution in [3.63, 3.8) is 0 Å². The summed E-state index contributed by atoms with van der Waals surface area (Å²) in [4.78, 5) is 10.1. The monoisotopic (exact) mass is 270 g/mol. The molecule has 0 unspecified atom stereocenters. The summed E-state index contributed by atoms with van der Waals surface area (Å²) in [5.41, 5.74) is 0.276. The van der Waals surface area contributed by atoms with E-state index in [2.05, 4.69) is 5.32 Å². The van der Waals surface area contributed by atoms with Crippen LogP contribution >= 0.6 is 0 Å². The third-order valence-electron chi connectivity index (χ3n) is 2.87. The number of nitro benzene ring substituents is 1. The predicted molar refractivity (Wildman–Crippen MR) is 64.5 cm³/mol. The van der Waals surface area contributed by atoms with Gasteiger partial charge < -0.3 is 25.4 Å². The minimum Gasteiger partial charge on any atom is -0.388 e. The van der Waals surface area contributed by atoms with Crippen molar-refractivity contribution in [3.05, 3.63) is 34.4 Å². The molecule has 1 heterocycles. The maximum absolute atomic E-state index is 10.6. The second-order valence-electron chi connectivity index (χ2n) is 4.25. The van der Waals surface area contributed by atoms with E-state index in [0.717, 1.165) is 0 Å². The molecule has 0 saturated carbocycles. The summed E-state index contributed by atoms with van der Waals surface area (Å²) in [6.07, 6.45) is -4.76. The van der Waals surface area contributed by atoms with Crippen LogP contribution in [0.25, 0.3) is 0 Å². The smallest absolute Gasteiger partial charge is 0.271 e. The van der Waals surface area contributed by atoms with Gasteiger partial charge in [0.2, 0.25) is 0 Å². The van der Waals surface area contributed by atoms with Crippen molar-refractivity contribution in [3.8, 4) is 0 Å². The van der Waals surface area contributed by atoms with E-state index in [9.17, 15) is 25.4 Å². The molecule has 0 radical (unpaired) electrons. The van der Waals surface area contributed by atoms with E-state index in [1.807, 2.05) is 0 Å². The van der Waals surface area contributed by atoms with Crippen LogP contribution in [0.15, 0.2) is 24.3 Å². The summed E-state index contributed by atoms with van der Waals surface area (Å²) < 4.78 is 5.14. The zero-order chi connectivity index (χ0) is 14.0. The number of nitro groups is 1. The van der Waals surface area contributed by atoms with Crippen LogP contribution in [-0.4, -0.2) is 51.4 Å². The van der Waals surface area contributed by atoms with Crippen LogP contribution in [0.5, 0.6) is 0 Å². The Hall–Kier alpha value is -1.74. The first-order valence-corrected chi connectivity index (χ1v) is 5.66. The normalized spacial score (nSPS) is 30.9. The van der Waals surface area contributed by atoms with Crippen LogP contribution in [-0.2, 0) is 4.74 Å². The molecule has 0 bridgehead atoms. The Morgan fingerprint density at radius 3 is 2.74 bits per heavy atom. The molecule has 0 aromatic heterocycles. The Morgan fingerprint density at radius 2 is 2.05 bits per heavy atom. The number of nitrogens with one attached hydrogen (secondary N) is 1. The van der Waals surface area contributed by atoms with Gasteiger partial charge in [-0.2, -0.15) is 0 Å². The highest BCUT2D eigenvalue weighted by Crippen LogP contribution is 2.21. The van der Waals surface area contributed by atoms with Gasteiger partial charge in [0.05, 0.1) is 11.5 Å². The fourth-order valence-electron chi connectivity index (χ4n) is 1.81. The molecule has 0 amide bonds. The van der Waals surface area contributed by atoms with Crippen LogP contribution in [0.1, 0.15) is 0 Å². The quantitative estimate of drug-likeness (QED) is 0.428. The topological polar surface area (TPSA) is 125 Å². The molecule has 4 atom stereocenters. The first kappa shape index (κ1) is 13.7. The van der Waals surface area contributed by atoms with E-state index in [4.69, 9.17) is 4.74 Å². The molecule has 104 valence electrons. The van der Waals surface area contributed by atoms with Gasteiger partial charge in [0.25, 0.3) is 5.69 Å². The van der Waals surface area contributed by atoms with E-state index in [0.29, 0.717) is 5.69 Å². The SMILES string of the molecule is O=[N+]([O-])c1cccc(N[C@H]2OC[C@H](O)[C@@H](O)[C@@H]2O)c1. The molecule has 0 spiro atoms. The van der Waals surface area contributed by atoms with Gasteiger partial charge >= 0.3 is 0 Å². The minimum atomic E-state index is -1.33. The van der Waals surface area contributed by atoms with E-state index in [1.165, 1.54) is 18.2 Å². The van der Waals surface area contributed by atoms with Gasteiger partial charge in [0, 0.05) is 17.8 Å². The minimum absolute atomic E-state index is 0.101. The number of rotatable bonds is 3. The average molecular weight is 270 g/mol. The number of hydrogen-bond acceptors (Lipinski definition) is 7. The molecule has 1 aliphatic rings. The van der Waals surface area contributed by atoms with Crippen LogP contribution in [0.2, 0.25) is 0 Å². The Bertz CT molecular complexity index is 468. The predicted octanol–water partition coefficient (Wildman–Crippen LogP) is -0.554. The fraction of sp³-hybridized carbons (Fsp3) is 0.455. The van der Waals surface area contributed by atoms with Crippen molar-refractivity contribution in [1.29, 1.82) is 0 Å². The number of ether oxygens (including phenoxy) is 1. The lowest BCUT2D eigenvalue weighted by Gasteiger charge is -2.35. The highest BCUT2D eigenvalue weighted by molar-refractivity contribution is 5.51. The molecular weight excluding hydrogens is 256 g/mol. The maximum atomic E-state index is 10.6. The number of non-ortho nitro benzene ring substituents is 1. The Morgan fingerprint density at radius 1 is 1.32 bits per heavy atom. The Kier molecular flexibility index (Phi) is 3.96. The molecule has 4 N–H and O–H groups in total. The number of hydrogen-bond donors (Lipinski definition) is 4. The van der Waals surface area contributed by atoms with Crippen molar-refractivity contribution >= 4 is 11.4 Å². The summed E-state index contributed by atoms with van der Waals surface area (Å²) in [5.74, 6) is 0. The standard InChI is InChI=1S/C11H14N2O6/c14-8-5-19-11(10(16)9(8)15)12-6-2-1-3-7(4-6)13(17)18/h1-4,8-12,14-16H,5H2/t8-,9+,10-,11-/m0/s1. The Labute approximate surface area is 108 Å². The van der Waals surface area contributed by atoms with Crippen LogP contribution in [0.3, 0.4) is 0 Å². The van der Waals surface area contributed by atoms with Gasteiger partial charge in [0.1, 0.15) is 18.3 Å². The molecule has 0 aliphatic carbocycles. The number of anilines is 1. The zero-order valence-corrected chi connectivity index (χ0v) is 9.84. The van der Waals surface area contributed by atoms with Gasteiger partial charge in [0.15, 0.2) is 6.23 Å². The van der Waals surface area contributed by atoms with E-state index < -0.39 is 29.5 Å². The highest BCUT2D eigenvalue weighted by atomic mass is 16.6. The molecular formula is C11H14N2O6. The molecule has 1 aromatic carbocycles. The summed E-state index contributed by atoms with van der Waals surface area (Å²) in [6.45, 7) is -0.134. The molecule has 8 nitrogen and oxygen atoms in total. The summed E-state index contributed by atoms with van der Waals surface area (Å²) in [7, 11) is 0. The van der Waals surface area contributed by atoms with Crippen molar-refractivity contribution in [2.75, 3.05) is 11.9 Å². The Balaban J connectivity index is 2.09. The summed E-state index contributed by atoms with van der Waals surface area (Å²) in [6, 6.07) is 5.68. The molecule has 1 fully saturated rings. The van der Waals surface area contributed by atoms with E-state index in [-0.39, 0.29) is 12.3 Å². The third-order valence-corrected chi connectivity index (χ3v) is 2.87. The number of aliphatic hydroxyl groups is 3. The van der Waals surface area contributed by atoms with Gasteiger partial charge in [-0.3, -0.25) is 10.1 Å². The first-order valence-electron chi connectivity index (χ1n) is 5.66. The molecule has 8 heteroatoms. The van der Waals surface area contributed by atoms with Crippen molar-refractivity contribution < 1.29 is 25.0 Å². The zero-order valence-electron chi connectivity index (χ0n) is 9.84. The first-order chi connectivity index (χ1) is 8.99. The highest BCUT2D eigenvalue weighted by Gasteiger charge is 2.37. The summed E-state index contributed by atoms with van der Waals surface area (Å²) in [5, 5.41) is 41.9. The lowest BCUT2D eigenvalue weighted by molar-refractivity contribution is -0.384. The number of aliphatic hydroxyl groups excluding tert-OH is 3. The third kappa shape index (κ3) is 2.99. The second kappa shape index (κ2) is 5.49. The van der Waals surface area contributed by atoms with Gasteiger partial charge in [-0.1, -0.05) is 6.07 Å². The lowest BCUT2D eigenvalue weighted by atomic mass is 10.0. The van der Waals surface area contributed by atoms with Crippen molar-refractivity contribution in [2.45, 2.75) is 24.5 Å². The molecule has 19 heavy (non-hydrogen) atoms. The molecule has 1 saturated heterocycles. The van der Waals surface area contributed by atoms with E-state index in [1.54, 1.807) is 6.07 Å². The molecule has 2 rings (SSSR count). The van der Waals surface area contributed by atoms with E-state index >= 15 is 0 Å². The van der Waals surface area contributed by atoms with Crippen LogP contribution in [0.4, 0.5) is 11.4 Å². The number of benzene rings is 1. The summed E-state index contributed by atoms with van der Waals surface area (Å²) >= 11 is 0. The average Bonchev–Trinajstić information content (AvgIpc) is 2.40.